The van der Waals surface area contributed by atoms with E-state index in [1.807, 2.05) is 0 Å². The van der Waals surface area contributed by atoms with Crippen molar-refractivity contribution in [3.63, 3.8) is 0 Å². The fourth-order valence-corrected chi connectivity index (χ4v) is 1.47. The molecule has 1 aliphatic rings. The molecule has 48 valence electrons. The first-order valence-corrected chi connectivity index (χ1v) is 4.00. The van der Waals surface area contributed by atoms with E-state index in [2.05, 4.69) is 36.9 Å². The Morgan fingerprint density at radius 1 is 1.67 bits per heavy atom. The second-order valence-electron chi connectivity index (χ2n) is 1.51. The molecule has 0 spiro atoms. The molecule has 1 unspecified atom stereocenters. The molecule has 1 aliphatic heterocycles. The Morgan fingerprint density at radius 3 is 2.78 bits per heavy atom. The highest BCUT2D eigenvalue weighted by Gasteiger charge is 2.17. The maximum atomic E-state index is 10.8. The third kappa shape index (κ3) is 1.49. The summed E-state index contributed by atoms with van der Waals surface area (Å²) in [6.07, 6.45) is 3.21. The summed E-state index contributed by atoms with van der Waals surface area (Å²) in [5, 5.41) is 0. The van der Waals surface area contributed by atoms with E-state index < -0.39 is 4.95 Å². The second kappa shape index (κ2) is 2.75. The van der Waals surface area contributed by atoms with Gasteiger partial charge in [0.1, 0.15) is 0 Å². The van der Waals surface area contributed by atoms with Crippen LogP contribution in [-0.2, 0) is 4.79 Å². The minimum Gasteiger partial charge on any atom is -0.290 e. The molecular weight excluding hydrogens is 250 g/mol. The van der Waals surface area contributed by atoms with Gasteiger partial charge in [0.15, 0.2) is 4.95 Å². The fraction of sp³-hybridized carbons (Fsp3) is 0.200. The van der Waals surface area contributed by atoms with Gasteiger partial charge >= 0.3 is 0 Å². The minimum atomic E-state index is -0.392. The largest absolute Gasteiger partial charge is 0.290 e. The minimum absolute atomic E-state index is 0.0301. The predicted octanol–water partition coefficient (Wildman–Crippen LogP) is 1.64. The number of dihydropyridines is 1. The van der Waals surface area contributed by atoms with Gasteiger partial charge < -0.3 is 0 Å². The van der Waals surface area contributed by atoms with Crippen molar-refractivity contribution in [3.8, 4) is 0 Å². The van der Waals surface area contributed by atoms with Crippen LogP contribution in [0.1, 0.15) is 0 Å². The SMILES string of the molecule is O=C1C(Br)=CC=NC1Br. The standard InChI is InChI=1S/C5H3Br2NO/c6-3-1-2-8-5(7)4(3)9/h1-2,5H. The first-order chi connectivity index (χ1) is 4.22. The van der Waals surface area contributed by atoms with Crippen molar-refractivity contribution in [1.82, 2.24) is 0 Å². The Hall–Kier alpha value is 0.0400. The Morgan fingerprint density at radius 2 is 2.33 bits per heavy atom. The van der Waals surface area contributed by atoms with E-state index in [0.717, 1.165) is 0 Å². The van der Waals surface area contributed by atoms with Crippen LogP contribution in [0.3, 0.4) is 0 Å². The Labute approximate surface area is 69.3 Å². The number of Topliss-reactive ketones (excluding diaryl/α,β-unsaturated/α-hetero) is 1. The van der Waals surface area contributed by atoms with E-state index in [0.29, 0.717) is 4.48 Å². The van der Waals surface area contributed by atoms with Crippen LogP contribution in [0.4, 0.5) is 0 Å². The second-order valence-corrected chi connectivity index (χ2v) is 3.23. The molecule has 1 heterocycles. The summed E-state index contributed by atoms with van der Waals surface area (Å²) in [4.78, 5) is 14.3. The van der Waals surface area contributed by atoms with Gasteiger partial charge in [0, 0.05) is 6.21 Å². The van der Waals surface area contributed by atoms with E-state index in [9.17, 15) is 4.79 Å². The van der Waals surface area contributed by atoms with Gasteiger partial charge in [-0.2, -0.15) is 0 Å². The summed E-state index contributed by atoms with van der Waals surface area (Å²) in [5.74, 6) is -0.0301. The average Bonchev–Trinajstić information content (AvgIpc) is 1.83. The first kappa shape index (κ1) is 7.15. The topological polar surface area (TPSA) is 29.4 Å². The summed E-state index contributed by atoms with van der Waals surface area (Å²) in [6, 6.07) is 0. The molecule has 0 aromatic heterocycles. The zero-order valence-corrected chi connectivity index (χ0v) is 7.52. The molecule has 0 saturated carbocycles. The van der Waals surface area contributed by atoms with Gasteiger partial charge in [0.25, 0.3) is 0 Å². The molecule has 0 aliphatic carbocycles. The van der Waals surface area contributed by atoms with Gasteiger partial charge in [0.05, 0.1) is 4.48 Å². The number of hydrogen-bond donors (Lipinski definition) is 0. The third-order valence-electron chi connectivity index (χ3n) is 0.890. The Bertz CT molecular complexity index is 197. The highest BCUT2D eigenvalue weighted by molar-refractivity contribution is 9.12. The number of ketones is 1. The molecule has 0 amide bonds. The lowest BCUT2D eigenvalue weighted by atomic mass is 10.3. The first-order valence-electron chi connectivity index (χ1n) is 2.29. The van der Waals surface area contributed by atoms with Gasteiger partial charge in [-0.1, -0.05) is 15.9 Å². The lowest BCUT2D eigenvalue weighted by molar-refractivity contribution is -0.114. The van der Waals surface area contributed by atoms with Crippen LogP contribution in [0.5, 0.6) is 0 Å². The maximum Gasteiger partial charge on any atom is 0.205 e. The number of aliphatic imine (C=N–C) groups is 1. The molecule has 0 aromatic carbocycles. The van der Waals surface area contributed by atoms with Gasteiger partial charge in [0.2, 0.25) is 5.78 Å². The quantitative estimate of drug-likeness (QED) is 0.476. The predicted molar refractivity (Wildman–Crippen MR) is 43.2 cm³/mol. The van der Waals surface area contributed by atoms with Crippen LogP contribution in [0.15, 0.2) is 15.6 Å². The Kier molecular flexibility index (Phi) is 2.18. The average molecular weight is 253 g/mol. The third-order valence-corrected chi connectivity index (χ3v) is 2.20. The van der Waals surface area contributed by atoms with Crippen LogP contribution < -0.4 is 0 Å². The molecule has 4 heteroatoms. The molecule has 1 rings (SSSR count). The van der Waals surface area contributed by atoms with Crippen LogP contribution in [0.2, 0.25) is 0 Å². The number of carbonyl (C=O) groups is 1. The number of carbonyl (C=O) groups excluding carboxylic acids is 1. The van der Waals surface area contributed by atoms with E-state index in [1.54, 1.807) is 12.3 Å². The van der Waals surface area contributed by atoms with Gasteiger partial charge in [-0.25, -0.2) is 0 Å². The highest BCUT2D eigenvalue weighted by Crippen LogP contribution is 2.17. The van der Waals surface area contributed by atoms with E-state index in [4.69, 9.17) is 0 Å². The van der Waals surface area contributed by atoms with Crippen LogP contribution in [-0.4, -0.2) is 16.9 Å². The van der Waals surface area contributed by atoms with Crippen molar-refractivity contribution in [2.24, 2.45) is 4.99 Å². The number of allylic oxidation sites excluding steroid dienone is 1. The van der Waals surface area contributed by atoms with Crippen molar-refractivity contribution in [2.45, 2.75) is 4.95 Å². The van der Waals surface area contributed by atoms with Crippen LogP contribution >= 0.6 is 31.9 Å². The molecule has 1 atom stereocenters. The molecular formula is C5H3Br2NO. The normalized spacial score (nSPS) is 26.2. The number of nitrogens with zero attached hydrogens (tertiary/aromatic N) is 1. The number of hydrogen-bond acceptors (Lipinski definition) is 2. The van der Waals surface area contributed by atoms with Crippen LogP contribution in [0, 0.1) is 0 Å². The Balaban J connectivity index is 2.86. The van der Waals surface area contributed by atoms with Crippen molar-refractivity contribution >= 4 is 43.9 Å². The van der Waals surface area contributed by atoms with E-state index >= 15 is 0 Å². The van der Waals surface area contributed by atoms with Crippen molar-refractivity contribution in [2.75, 3.05) is 0 Å². The molecule has 0 saturated heterocycles. The molecule has 0 N–H and O–H groups in total. The van der Waals surface area contributed by atoms with Crippen molar-refractivity contribution < 1.29 is 4.79 Å². The van der Waals surface area contributed by atoms with E-state index in [1.165, 1.54) is 0 Å². The zero-order chi connectivity index (χ0) is 6.85. The molecule has 0 aromatic rings. The summed E-state index contributed by atoms with van der Waals surface area (Å²) >= 11 is 6.16. The van der Waals surface area contributed by atoms with Crippen molar-refractivity contribution in [3.05, 3.63) is 10.6 Å². The number of halogens is 2. The van der Waals surface area contributed by atoms with Crippen LogP contribution in [0.25, 0.3) is 0 Å². The fourth-order valence-electron chi connectivity index (χ4n) is 0.448. The monoisotopic (exact) mass is 251 g/mol. The zero-order valence-electron chi connectivity index (χ0n) is 4.34. The summed E-state index contributed by atoms with van der Waals surface area (Å²) in [6.45, 7) is 0. The van der Waals surface area contributed by atoms with Gasteiger partial charge in [-0.05, 0) is 22.0 Å². The van der Waals surface area contributed by atoms with Gasteiger partial charge in [-0.15, -0.1) is 0 Å². The molecule has 0 bridgehead atoms. The number of rotatable bonds is 0. The lowest BCUT2D eigenvalue weighted by Crippen LogP contribution is -2.14. The van der Waals surface area contributed by atoms with E-state index in [-0.39, 0.29) is 5.78 Å². The van der Waals surface area contributed by atoms with Crippen molar-refractivity contribution in [1.29, 1.82) is 0 Å². The molecule has 9 heavy (non-hydrogen) atoms. The lowest BCUT2D eigenvalue weighted by Gasteiger charge is -2.04. The maximum absolute atomic E-state index is 10.8. The molecule has 0 radical (unpaired) electrons. The molecule has 0 fully saturated rings. The molecule has 2 nitrogen and oxygen atoms in total. The summed E-state index contributed by atoms with van der Waals surface area (Å²) in [5.41, 5.74) is 0. The smallest absolute Gasteiger partial charge is 0.205 e. The number of alkyl halides is 1. The summed E-state index contributed by atoms with van der Waals surface area (Å²) in [7, 11) is 0. The van der Waals surface area contributed by atoms with Gasteiger partial charge in [-0.3, -0.25) is 9.79 Å². The highest BCUT2D eigenvalue weighted by atomic mass is 79.9. The summed E-state index contributed by atoms with van der Waals surface area (Å²) < 4.78 is 0.569.